The van der Waals surface area contributed by atoms with Gasteiger partial charge in [0.25, 0.3) is 0 Å². The van der Waals surface area contributed by atoms with E-state index in [1.807, 2.05) is 6.92 Å². The fourth-order valence-corrected chi connectivity index (χ4v) is 1.90. The minimum absolute atomic E-state index is 0.578. The highest BCUT2D eigenvalue weighted by Gasteiger charge is 2.28. The van der Waals surface area contributed by atoms with Crippen LogP contribution in [0.5, 0.6) is 0 Å². The van der Waals surface area contributed by atoms with E-state index in [4.69, 9.17) is 0 Å². The minimum atomic E-state index is 0.578. The molecule has 0 amide bonds. The topological polar surface area (TPSA) is 3.24 Å². The van der Waals surface area contributed by atoms with Crippen molar-refractivity contribution in [3.05, 3.63) is 12.7 Å². The quantitative estimate of drug-likeness (QED) is 0.612. The Bertz CT molecular complexity index is 159. The van der Waals surface area contributed by atoms with Crippen LogP contribution in [0, 0.1) is 11.3 Å². The molecule has 1 aliphatic rings. The van der Waals surface area contributed by atoms with Crippen molar-refractivity contribution in [2.24, 2.45) is 11.3 Å². The third-order valence-corrected chi connectivity index (χ3v) is 2.38. The lowest BCUT2D eigenvalue weighted by atomic mass is 9.93. The first-order chi connectivity index (χ1) is 6.41. The smallest absolute Gasteiger partial charge is 0.00333 e. The van der Waals surface area contributed by atoms with Crippen molar-refractivity contribution in [1.82, 2.24) is 4.90 Å². The summed E-state index contributed by atoms with van der Waals surface area (Å²) in [7, 11) is 0. The predicted molar refractivity (Wildman–Crippen MR) is 65.5 cm³/mol. The van der Waals surface area contributed by atoms with E-state index >= 15 is 0 Å². The molecule has 0 saturated carbocycles. The normalized spacial score (nSPS) is 20.4. The van der Waals surface area contributed by atoms with E-state index in [1.165, 1.54) is 26.1 Å². The molecule has 14 heavy (non-hydrogen) atoms. The minimum Gasteiger partial charge on any atom is -0.303 e. The van der Waals surface area contributed by atoms with Gasteiger partial charge in [0.15, 0.2) is 0 Å². The second-order valence-corrected chi connectivity index (χ2v) is 5.45. The van der Waals surface area contributed by atoms with E-state index in [9.17, 15) is 0 Å². The second kappa shape index (κ2) is 6.23. The molecule has 84 valence electrons. The zero-order valence-electron chi connectivity index (χ0n) is 10.6. The van der Waals surface area contributed by atoms with Crippen LogP contribution in [0.2, 0.25) is 0 Å². The molecule has 0 unspecified atom stereocenters. The molecule has 0 aliphatic carbocycles. The first-order valence-electron chi connectivity index (χ1n) is 5.70. The molecule has 0 aromatic carbocycles. The Morgan fingerprint density at radius 1 is 1.43 bits per heavy atom. The summed E-state index contributed by atoms with van der Waals surface area (Å²) in [6.45, 7) is 18.5. The Balaban J connectivity index is 0.000000500. The van der Waals surface area contributed by atoms with Gasteiger partial charge < -0.3 is 4.90 Å². The molecule has 0 spiro atoms. The van der Waals surface area contributed by atoms with Crippen LogP contribution in [0.15, 0.2) is 12.7 Å². The molecule has 0 aromatic heterocycles. The van der Waals surface area contributed by atoms with Gasteiger partial charge in [0, 0.05) is 13.1 Å². The largest absolute Gasteiger partial charge is 0.303 e. The summed E-state index contributed by atoms with van der Waals surface area (Å²) in [5, 5.41) is 0. The zero-order valence-corrected chi connectivity index (χ0v) is 10.6. The number of rotatable bonds is 2. The maximum Gasteiger partial charge on any atom is 0.00333 e. The van der Waals surface area contributed by atoms with Gasteiger partial charge in [0.2, 0.25) is 0 Å². The van der Waals surface area contributed by atoms with Gasteiger partial charge in [-0.2, -0.15) is 0 Å². The standard InChI is InChI=1S/C10H21N.C3H6/c1-9(2)7-11-6-5-10(3,4)8-11;1-3-2/h9H,5-8H2,1-4H3;3H,1H2,2H3. The molecule has 1 heteroatoms. The molecule has 1 heterocycles. The van der Waals surface area contributed by atoms with E-state index < -0.39 is 0 Å². The number of allylic oxidation sites excluding steroid dienone is 1. The molecule has 1 aliphatic heterocycles. The third kappa shape index (κ3) is 6.20. The van der Waals surface area contributed by atoms with Crippen LogP contribution in [0.1, 0.15) is 41.0 Å². The van der Waals surface area contributed by atoms with Gasteiger partial charge in [0.05, 0.1) is 0 Å². The number of nitrogens with zero attached hydrogens (tertiary/aromatic N) is 1. The van der Waals surface area contributed by atoms with Crippen molar-refractivity contribution in [2.75, 3.05) is 19.6 Å². The predicted octanol–water partition coefficient (Wildman–Crippen LogP) is 3.57. The second-order valence-electron chi connectivity index (χ2n) is 5.45. The Labute approximate surface area is 90.2 Å². The van der Waals surface area contributed by atoms with Gasteiger partial charge in [0.1, 0.15) is 0 Å². The molecular formula is C13H27N. The molecule has 1 fully saturated rings. The van der Waals surface area contributed by atoms with Crippen LogP contribution in [0.25, 0.3) is 0 Å². The van der Waals surface area contributed by atoms with Crippen molar-refractivity contribution in [3.63, 3.8) is 0 Å². The average molecular weight is 197 g/mol. The molecular weight excluding hydrogens is 170 g/mol. The Morgan fingerprint density at radius 3 is 2.21 bits per heavy atom. The van der Waals surface area contributed by atoms with Crippen LogP contribution < -0.4 is 0 Å². The Morgan fingerprint density at radius 2 is 1.93 bits per heavy atom. The van der Waals surface area contributed by atoms with Crippen LogP contribution >= 0.6 is 0 Å². The summed E-state index contributed by atoms with van der Waals surface area (Å²) in [5.74, 6) is 0.823. The fourth-order valence-electron chi connectivity index (χ4n) is 1.90. The lowest BCUT2D eigenvalue weighted by Gasteiger charge is -2.20. The van der Waals surface area contributed by atoms with Crippen LogP contribution in [0.4, 0.5) is 0 Å². The molecule has 0 bridgehead atoms. The molecule has 0 atom stereocenters. The first kappa shape index (κ1) is 13.7. The summed E-state index contributed by atoms with van der Waals surface area (Å²) < 4.78 is 0. The highest BCUT2D eigenvalue weighted by molar-refractivity contribution is 4.82. The molecule has 0 N–H and O–H groups in total. The van der Waals surface area contributed by atoms with Crippen molar-refractivity contribution in [3.8, 4) is 0 Å². The summed E-state index contributed by atoms with van der Waals surface area (Å²) in [5.41, 5.74) is 0.578. The number of likely N-dealkylation sites (tertiary alicyclic amines) is 1. The van der Waals surface area contributed by atoms with Gasteiger partial charge in [-0.25, -0.2) is 0 Å². The van der Waals surface area contributed by atoms with Crippen LogP contribution in [0.3, 0.4) is 0 Å². The lowest BCUT2D eigenvalue weighted by Crippen LogP contribution is -2.27. The van der Waals surface area contributed by atoms with Gasteiger partial charge in [-0.15, -0.1) is 6.58 Å². The Hall–Kier alpha value is -0.300. The molecule has 1 nitrogen and oxygen atoms in total. The zero-order chi connectivity index (χ0) is 11.2. The van der Waals surface area contributed by atoms with Gasteiger partial charge in [-0.1, -0.05) is 33.8 Å². The van der Waals surface area contributed by atoms with E-state index in [2.05, 4.69) is 39.2 Å². The number of hydrogen-bond donors (Lipinski definition) is 0. The van der Waals surface area contributed by atoms with E-state index in [-0.39, 0.29) is 0 Å². The maximum atomic E-state index is 3.36. The van der Waals surface area contributed by atoms with E-state index in [0.717, 1.165) is 5.92 Å². The first-order valence-corrected chi connectivity index (χ1v) is 5.70. The van der Waals surface area contributed by atoms with Crippen molar-refractivity contribution in [1.29, 1.82) is 0 Å². The number of hydrogen-bond acceptors (Lipinski definition) is 1. The molecule has 0 radical (unpaired) electrons. The van der Waals surface area contributed by atoms with Crippen LogP contribution in [-0.2, 0) is 0 Å². The molecule has 0 aromatic rings. The van der Waals surface area contributed by atoms with Crippen molar-refractivity contribution in [2.45, 2.75) is 41.0 Å². The fraction of sp³-hybridized carbons (Fsp3) is 0.846. The monoisotopic (exact) mass is 197 g/mol. The van der Waals surface area contributed by atoms with Gasteiger partial charge >= 0.3 is 0 Å². The third-order valence-electron chi connectivity index (χ3n) is 2.38. The average Bonchev–Trinajstić information content (AvgIpc) is 2.30. The summed E-state index contributed by atoms with van der Waals surface area (Å²) >= 11 is 0. The van der Waals surface area contributed by atoms with E-state index in [0.29, 0.717) is 5.41 Å². The SMILES string of the molecule is C=CC.CC(C)CN1CCC(C)(C)C1. The van der Waals surface area contributed by atoms with Crippen molar-refractivity contribution >= 4 is 0 Å². The van der Waals surface area contributed by atoms with Crippen LogP contribution in [-0.4, -0.2) is 24.5 Å². The molecule has 1 saturated heterocycles. The summed E-state index contributed by atoms with van der Waals surface area (Å²) in [6, 6.07) is 0. The maximum absolute atomic E-state index is 3.36. The Kier molecular flexibility index (Phi) is 6.10. The summed E-state index contributed by atoms with van der Waals surface area (Å²) in [4.78, 5) is 2.59. The van der Waals surface area contributed by atoms with Crippen molar-refractivity contribution < 1.29 is 0 Å². The lowest BCUT2D eigenvalue weighted by molar-refractivity contribution is 0.263. The highest BCUT2D eigenvalue weighted by atomic mass is 15.2. The highest BCUT2D eigenvalue weighted by Crippen LogP contribution is 2.28. The molecule has 1 rings (SSSR count). The summed E-state index contributed by atoms with van der Waals surface area (Å²) in [6.07, 6.45) is 3.12. The van der Waals surface area contributed by atoms with E-state index in [1.54, 1.807) is 6.08 Å². The van der Waals surface area contributed by atoms with Gasteiger partial charge in [-0.3, -0.25) is 0 Å². The van der Waals surface area contributed by atoms with Gasteiger partial charge in [-0.05, 0) is 31.2 Å².